The fraction of sp³-hybridized carbons (Fsp3) is 0.208. The lowest BCUT2D eigenvalue weighted by atomic mass is 9.96. The summed E-state index contributed by atoms with van der Waals surface area (Å²) in [5.74, 6) is -1.07. The Morgan fingerprint density at radius 2 is 1.91 bits per heavy atom. The highest BCUT2D eigenvalue weighted by molar-refractivity contribution is 6.49. The number of alkyl halides is 2. The maximum atomic E-state index is 13.8. The number of carbonyl (C=O) groups is 2. The van der Waals surface area contributed by atoms with Crippen LogP contribution in [0.4, 0.5) is 8.78 Å². The van der Waals surface area contributed by atoms with Crippen molar-refractivity contribution in [3.63, 3.8) is 0 Å². The van der Waals surface area contributed by atoms with Gasteiger partial charge in [0.2, 0.25) is 0 Å². The summed E-state index contributed by atoms with van der Waals surface area (Å²) in [5, 5.41) is 2.93. The number of halogens is 2. The van der Waals surface area contributed by atoms with Crippen LogP contribution < -0.4 is 5.32 Å². The largest absolute Gasteiger partial charge is 0.345 e. The Kier molecular flexibility index (Phi) is 4.25. The molecule has 2 aliphatic rings. The molecule has 0 radical (unpaired) electrons. The number of hydrogen-bond donors (Lipinski definition) is 1. The number of aromatic nitrogens is 3. The second-order valence-electron chi connectivity index (χ2n) is 8.46. The molecule has 33 heavy (non-hydrogen) atoms. The molecule has 3 aromatic heterocycles. The number of hydrogen-bond acceptors (Lipinski definition) is 4. The predicted octanol–water partition coefficient (Wildman–Crippen LogP) is 3.24. The van der Waals surface area contributed by atoms with Gasteiger partial charge < -0.3 is 9.47 Å². The maximum Gasteiger partial charge on any atom is 0.263 e. The van der Waals surface area contributed by atoms with Crippen molar-refractivity contribution in [3.05, 3.63) is 71.3 Å². The van der Waals surface area contributed by atoms with E-state index in [1.165, 1.54) is 12.1 Å². The first-order chi connectivity index (χ1) is 15.9. The van der Waals surface area contributed by atoms with Gasteiger partial charge in [-0.2, -0.15) is 0 Å². The Labute approximate surface area is 186 Å². The first-order valence-corrected chi connectivity index (χ1v) is 10.6. The Morgan fingerprint density at radius 3 is 2.73 bits per heavy atom. The third-order valence-electron chi connectivity index (χ3n) is 6.36. The van der Waals surface area contributed by atoms with Crippen LogP contribution in [0.2, 0.25) is 0 Å². The normalized spacial score (nSPS) is 17.0. The molecule has 1 aromatic carbocycles. The van der Waals surface area contributed by atoms with Gasteiger partial charge in [-0.15, -0.1) is 0 Å². The third kappa shape index (κ3) is 2.92. The summed E-state index contributed by atoms with van der Waals surface area (Å²) in [4.78, 5) is 32.4. The molecule has 0 saturated carbocycles. The topological polar surface area (TPSA) is 71.6 Å². The Balaban J connectivity index is 1.68. The number of imide groups is 1. The molecule has 0 unspecified atom stereocenters. The SMILES string of the molecule is CN1CCn2cc(C3=C(c4cnc5ccccn45)C(=O)NC3=O)c3cc(C(F)F)cc(c32)C1. The molecule has 0 spiro atoms. The van der Waals surface area contributed by atoms with E-state index >= 15 is 0 Å². The van der Waals surface area contributed by atoms with Crippen molar-refractivity contribution in [1.82, 2.24) is 24.2 Å². The molecule has 5 heterocycles. The lowest BCUT2D eigenvalue weighted by molar-refractivity contribution is -0.122. The van der Waals surface area contributed by atoms with Crippen LogP contribution in [0, 0.1) is 0 Å². The average molecular weight is 447 g/mol. The van der Waals surface area contributed by atoms with Gasteiger partial charge in [0.15, 0.2) is 0 Å². The summed E-state index contributed by atoms with van der Waals surface area (Å²) in [7, 11) is 1.95. The molecule has 2 amide bonds. The standard InChI is InChI=1S/C24H19F2N5O2/c1-29-6-7-30-12-16(15-9-13(22(25)26)8-14(11-29)21(15)30)19-20(24(33)28-23(19)32)17-10-27-18-4-2-3-5-31(17)18/h2-5,8-10,12,22H,6-7,11H2,1H3,(H,28,32,33). The number of benzene rings is 1. The number of rotatable bonds is 3. The van der Waals surface area contributed by atoms with Crippen LogP contribution in [0.5, 0.6) is 0 Å². The first-order valence-electron chi connectivity index (χ1n) is 10.6. The molecule has 0 saturated heterocycles. The summed E-state index contributed by atoms with van der Waals surface area (Å²) in [6, 6.07) is 8.42. The molecule has 166 valence electrons. The van der Waals surface area contributed by atoms with Gasteiger partial charge in [-0.1, -0.05) is 6.07 Å². The van der Waals surface area contributed by atoms with Crippen molar-refractivity contribution in [2.75, 3.05) is 13.6 Å². The molecule has 6 rings (SSSR count). The number of pyridine rings is 1. The van der Waals surface area contributed by atoms with Crippen molar-refractivity contribution < 1.29 is 18.4 Å². The highest BCUT2D eigenvalue weighted by Crippen LogP contribution is 2.39. The van der Waals surface area contributed by atoms with Crippen LogP contribution in [0.1, 0.15) is 28.8 Å². The highest BCUT2D eigenvalue weighted by atomic mass is 19.3. The molecule has 4 aromatic rings. The molecule has 9 heteroatoms. The van der Waals surface area contributed by atoms with E-state index in [0.29, 0.717) is 35.4 Å². The summed E-state index contributed by atoms with van der Waals surface area (Å²) >= 11 is 0. The van der Waals surface area contributed by atoms with E-state index in [-0.39, 0.29) is 16.7 Å². The quantitative estimate of drug-likeness (QED) is 0.490. The molecule has 7 nitrogen and oxygen atoms in total. The minimum Gasteiger partial charge on any atom is -0.345 e. The predicted molar refractivity (Wildman–Crippen MR) is 118 cm³/mol. The van der Waals surface area contributed by atoms with Gasteiger partial charge in [-0.05, 0) is 36.9 Å². The van der Waals surface area contributed by atoms with Gasteiger partial charge in [0, 0.05) is 48.5 Å². The van der Waals surface area contributed by atoms with E-state index in [1.807, 2.05) is 23.7 Å². The van der Waals surface area contributed by atoms with Crippen LogP contribution in [-0.2, 0) is 22.7 Å². The minimum atomic E-state index is -2.65. The van der Waals surface area contributed by atoms with Crippen LogP contribution in [0.3, 0.4) is 0 Å². The molecule has 1 N–H and O–H groups in total. The van der Waals surface area contributed by atoms with E-state index in [2.05, 4.69) is 15.2 Å². The maximum absolute atomic E-state index is 13.8. The summed E-state index contributed by atoms with van der Waals surface area (Å²) in [6.45, 7) is 1.89. The number of amides is 2. The van der Waals surface area contributed by atoms with Gasteiger partial charge in [-0.25, -0.2) is 13.8 Å². The number of likely N-dealkylation sites (N-methyl/N-ethyl adjacent to an activating group) is 1. The van der Waals surface area contributed by atoms with Crippen molar-refractivity contribution in [1.29, 1.82) is 0 Å². The number of carbonyl (C=O) groups excluding carboxylic acids is 2. The van der Waals surface area contributed by atoms with Crippen LogP contribution in [0.25, 0.3) is 27.7 Å². The average Bonchev–Trinajstić information content (AvgIpc) is 3.41. The second kappa shape index (κ2) is 7.08. The van der Waals surface area contributed by atoms with Crippen LogP contribution >= 0.6 is 0 Å². The smallest absolute Gasteiger partial charge is 0.263 e. The van der Waals surface area contributed by atoms with Gasteiger partial charge in [0.25, 0.3) is 18.2 Å². The number of imidazole rings is 1. The fourth-order valence-corrected chi connectivity index (χ4v) is 4.90. The number of fused-ring (bicyclic) bond motifs is 1. The fourth-order valence-electron chi connectivity index (χ4n) is 4.90. The monoisotopic (exact) mass is 447 g/mol. The molecular formula is C24H19F2N5O2. The van der Waals surface area contributed by atoms with E-state index in [9.17, 15) is 18.4 Å². The van der Waals surface area contributed by atoms with Crippen LogP contribution in [0.15, 0.2) is 48.9 Å². The molecule has 0 bridgehead atoms. The molecule has 2 aliphatic heterocycles. The van der Waals surface area contributed by atoms with Crippen LogP contribution in [-0.4, -0.2) is 44.3 Å². The second-order valence-corrected chi connectivity index (χ2v) is 8.46. The lowest BCUT2D eigenvalue weighted by Gasteiger charge is -2.14. The van der Waals surface area contributed by atoms with Gasteiger partial charge >= 0.3 is 0 Å². The molecular weight excluding hydrogens is 428 g/mol. The summed E-state index contributed by atoms with van der Waals surface area (Å²) in [6.07, 6.45) is 2.47. The van der Waals surface area contributed by atoms with E-state index in [4.69, 9.17) is 0 Å². The van der Waals surface area contributed by atoms with Crippen molar-refractivity contribution in [2.45, 2.75) is 19.5 Å². The Morgan fingerprint density at radius 1 is 1.09 bits per heavy atom. The van der Waals surface area contributed by atoms with Gasteiger partial charge in [-0.3, -0.25) is 19.3 Å². The zero-order valence-electron chi connectivity index (χ0n) is 17.7. The molecule has 0 aliphatic carbocycles. The summed E-state index contributed by atoms with van der Waals surface area (Å²) in [5.41, 5.74) is 3.44. The number of nitrogens with one attached hydrogen (secondary N) is 1. The van der Waals surface area contributed by atoms with Crippen molar-refractivity contribution >= 4 is 39.5 Å². The minimum absolute atomic E-state index is 0.103. The van der Waals surface area contributed by atoms with E-state index in [0.717, 1.165) is 17.6 Å². The van der Waals surface area contributed by atoms with E-state index < -0.39 is 18.2 Å². The van der Waals surface area contributed by atoms with Gasteiger partial charge in [0.05, 0.1) is 28.6 Å². The lowest BCUT2D eigenvalue weighted by Crippen LogP contribution is -2.23. The van der Waals surface area contributed by atoms with Gasteiger partial charge in [0.1, 0.15) is 5.65 Å². The number of nitrogens with zero attached hydrogens (tertiary/aromatic N) is 4. The Bertz CT molecular complexity index is 1510. The summed E-state index contributed by atoms with van der Waals surface area (Å²) < 4.78 is 31.3. The highest BCUT2D eigenvalue weighted by Gasteiger charge is 2.36. The van der Waals surface area contributed by atoms with Crippen molar-refractivity contribution in [3.8, 4) is 0 Å². The Hall–Kier alpha value is -3.85. The van der Waals surface area contributed by atoms with Crippen molar-refractivity contribution in [2.24, 2.45) is 0 Å². The first kappa shape index (κ1) is 19.8. The van der Waals surface area contributed by atoms with E-state index in [1.54, 1.807) is 29.1 Å². The zero-order valence-corrected chi connectivity index (χ0v) is 17.7. The zero-order chi connectivity index (χ0) is 22.9. The molecule has 0 atom stereocenters. The molecule has 0 fully saturated rings. The third-order valence-corrected chi connectivity index (χ3v) is 6.36.